The maximum atomic E-state index is 3.76. The Morgan fingerprint density at radius 2 is 1.19 bits per heavy atom. The van der Waals surface area contributed by atoms with E-state index in [-0.39, 0.29) is 0 Å². The highest BCUT2D eigenvalue weighted by Crippen LogP contribution is 2.35. The summed E-state index contributed by atoms with van der Waals surface area (Å²) < 4.78 is 0. The Balaban J connectivity index is 2.21. The summed E-state index contributed by atoms with van der Waals surface area (Å²) in [6, 6.07) is 13.1. The molecule has 108 valence electrons. The third-order valence-corrected chi connectivity index (χ3v) is 5.69. The molecule has 0 radical (unpaired) electrons. The van der Waals surface area contributed by atoms with Gasteiger partial charge in [0, 0.05) is 19.6 Å². The van der Waals surface area contributed by atoms with Crippen LogP contribution in [0.3, 0.4) is 0 Å². The van der Waals surface area contributed by atoms with Crippen molar-refractivity contribution in [2.24, 2.45) is 0 Å². The monoisotopic (exact) mass is 330 g/mol. The minimum atomic E-state index is 1.24. The Morgan fingerprint density at radius 1 is 0.762 bits per heavy atom. The molecule has 0 N–H and O–H groups in total. The number of aryl methyl sites for hydroxylation is 2. The molecule has 0 aliphatic rings. The van der Waals surface area contributed by atoms with Crippen molar-refractivity contribution in [3.05, 3.63) is 71.5 Å². The minimum absolute atomic E-state index is 1.24. The van der Waals surface area contributed by atoms with Gasteiger partial charge in [0.2, 0.25) is 0 Å². The average Bonchev–Trinajstić information content (AvgIpc) is 2.45. The fraction of sp³-hybridized carbons (Fsp3) is 0.111. The van der Waals surface area contributed by atoms with E-state index in [9.17, 15) is 0 Å². The Labute approximate surface area is 140 Å². The van der Waals surface area contributed by atoms with Gasteiger partial charge in [-0.1, -0.05) is 48.4 Å². The minimum Gasteiger partial charge on any atom is -0.0987 e. The second-order valence-corrected chi connectivity index (χ2v) is 7.69. The highest BCUT2D eigenvalue weighted by molar-refractivity contribution is 8.02. The molecular weight excluding hydrogens is 312 g/mol. The topological polar surface area (TPSA) is 0 Å². The highest BCUT2D eigenvalue weighted by Gasteiger charge is 2.06. The molecule has 0 bridgehead atoms. The van der Waals surface area contributed by atoms with Crippen molar-refractivity contribution >= 4 is 35.3 Å². The lowest BCUT2D eigenvalue weighted by atomic mass is 10.2. The molecule has 2 aromatic carbocycles. The zero-order valence-corrected chi connectivity index (χ0v) is 14.7. The summed E-state index contributed by atoms with van der Waals surface area (Å²) in [5.74, 6) is 0. The first kappa shape index (κ1) is 16.3. The summed E-state index contributed by atoms with van der Waals surface area (Å²) in [4.78, 5) is 5.08. The van der Waals surface area contributed by atoms with E-state index in [0.29, 0.717) is 0 Å². The molecule has 0 fully saturated rings. The van der Waals surface area contributed by atoms with E-state index in [1.165, 1.54) is 30.7 Å². The lowest BCUT2D eigenvalue weighted by molar-refractivity contribution is 1.21. The van der Waals surface area contributed by atoms with E-state index >= 15 is 0 Å². The Bertz CT molecular complexity index is 602. The van der Waals surface area contributed by atoms with Crippen LogP contribution in [0, 0.1) is 13.8 Å². The second-order valence-electron chi connectivity index (χ2n) is 4.53. The van der Waals surface area contributed by atoms with E-state index in [2.05, 4.69) is 63.4 Å². The van der Waals surface area contributed by atoms with Crippen molar-refractivity contribution in [1.29, 1.82) is 0 Å². The van der Waals surface area contributed by atoms with Gasteiger partial charge in [-0.25, -0.2) is 0 Å². The molecule has 0 heterocycles. The van der Waals surface area contributed by atoms with Crippen LogP contribution in [0.25, 0.3) is 0 Å². The van der Waals surface area contributed by atoms with Gasteiger partial charge >= 0.3 is 0 Å². The van der Waals surface area contributed by atoms with E-state index in [1.54, 1.807) is 23.5 Å². The number of hydrogen-bond donors (Lipinski definition) is 0. The molecule has 2 aromatic rings. The van der Waals surface area contributed by atoms with Gasteiger partial charge in [0.1, 0.15) is 0 Å². The van der Waals surface area contributed by atoms with Crippen molar-refractivity contribution in [1.82, 2.24) is 0 Å². The summed E-state index contributed by atoms with van der Waals surface area (Å²) in [5.41, 5.74) is 2.60. The van der Waals surface area contributed by atoms with E-state index in [4.69, 9.17) is 0 Å². The van der Waals surface area contributed by atoms with Crippen LogP contribution in [-0.2, 0) is 0 Å². The molecule has 0 unspecified atom stereocenters. The Morgan fingerprint density at radius 3 is 1.52 bits per heavy atom. The molecule has 0 spiro atoms. The molecular formula is C18H18S3. The molecule has 0 saturated heterocycles. The van der Waals surface area contributed by atoms with Crippen LogP contribution in [0.1, 0.15) is 11.1 Å². The standard InChI is InChI=1S/C18H18S3/c1-5-19-15-7-9-17(13(3)11-15)21-18-10-8-16(20-6-2)12-14(18)4/h5-12H,1-2H2,3-4H3. The van der Waals surface area contributed by atoms with Gasteiger partial charge in [0.05, 0.1) is 0 Å². The molecule has 0 amide bonds. The predicted octanol–water partition coefficient (Wildman–Crippen LogP) is 6.93. The molecule has 0 aliphatic carbocycles. The van der Waals surface area contributed by atoms with Crippen LogP contribution in [0.15, 0.2) is 80.0 Å². The van der Waals surface area contributed by atoms with Gasteiger partial charge in [-0.15, -0.1) is 0 Å². The SMILES string of the molecule is C=CSc1ccc(Sc2ccc(SC=C)cc2C)c(C)c1. The normalized spacial score (nSPS) is 10.4. The molecule has 2 rings (SSSR count). The van der Waals surface area contributed by atoms with Crippen LogP contribution in [0.5, 0.6) is 0 Å². The van der Waals surface area contributed by atoms with Gasteiger partial charge in [-0.05, 0) is 72.2 Å². The molecule has 3 heteroatoms. The van der Waals surface area contributed by atoms with Gasteiger partial charge < -0.3 is 0 Å². The van der Waals surface area contributed by atoms with Crippen LogP contribution in [0.2, 0.25) is 0 Å². The molecule has 0 aliphatic heterocycles. The lowest BCUT2D eigenvalue weighted by Gasteiger charge is -2.10. The van der Waals surface area contributed by atoms with Crippen molar-refractivity contribution in [2.45, 2.75) is 33.4 Å². The molecule has 0 saturated carbocycles. The van der Waals surface area contributed by atoms with E-state index < -0.39 is 0 Å². The lowest BCUT2D eigenvalue weighted by Crippen LogP contribution is -1.84. The number of rotatable bonds is 6. The van der Waals surface area contributed by atoms with Crippen molar-refractivity contribution in [3.8, 4) is 0 Å². The molecule has 21 heavy (non-hydrogen) atoms. The number of hydrogen-bond acceptors (Lipinski definition) is 3. The Hall–Kier alpha value is -1.03. The number of thioether (sulfide) groups is 2. The predicted molar refractivity (Wildman–Crippen MR) is 98.6 cm³/mol. The van der Waals surface area contributed by atoms with E-state index in [0.717, 1.165) is 0 Å². The largest absolute Gasteiger partial charge is 0.0987 e. The third-order valence-electron chi connectivity index (χ3n) is 2.95. The fourth-order valence-corrected chi connectivity index (χ4v) is 4.05. The maximum absolute atomic E-state index is 3.76. The van der Waals surface area contributed by atoms with Crippen molar-refractivity contribution in [2.75, 3.05) is 0 Å². The molecule has 0 aromatic heterocycles. The first-order valence-corrected chi connectivity index (χ1v) is 9.16. The fourth-order valence-electron chi connectivity index (χ4n) is 1.93. The summed E-state index contributed by atoms with van der Waals surface area (Å²) in [7, 11) is 0. The highest BCUT2D eigenvalue weighted by atomic mass is 32.2. The van der Waals surface area contributed by atoms with Crippen LogP contribution >= 0.6 is 35.3 Å². The molecule has 0 atom stereocenters. The van der Waals surface area contributed by atoms with Gasteiger partial charge in [-0.3, -0.25) is 0 Å². The van der Waals surface area contributed by atoms with Crippen LogP contribution in [-0.4, -0.2) is 0 Å². The first-order valence-electron chi connectivity index (χ1n) is 6.58. The van der Waals surface area contributed by atoms with Gasteiger partial charge in [0.25, 0.3) is 0 Å². The zero-order chi connectivity index (χ0) is 15.2. The molecule has 0 nitrogen and oxygen atoms in total. The maximum Gasteiger partial charge on any atom is 0.0152 e. The second kappa shape index (κ2) is 7.83. The van der Waals surface area contributed by atoms with Crippen LogP contribution < -0.4 is 0 Å². The van der Waals surface area contributed by atoms with Crippen molar-refractivity contribution < 1.29 is 0 Å². The number of benzene rings is 2. The van der Waals surface area contributed by atoms with Crippen molar-refractivity contribution in [3.63, 3.8) is 0 Å². The van der Waals surface area contributed by atoms with Crippen LogP contribution in [0.4, 0.5) is 0 Å². The van der Waals surface area contributed by atoms with E-state index in [1.807, 2.05) is 22.6 Å². The summed E-state index contributed by atoms with van der Waals surface area (Å²) >= 11 is 5.14. The quantitative estimate of drug-likeness (QED) is 0.527. The van der Waals surface area contributed by atoms with Gasteiger partial charge in [0.15, 0.2) is 0 Å². The zero-order valence-electron chi connectivity index (χ0n) is 12.3. The summed E-state index contributed by atoms with van der Waals surface area (Å²) in [5, 5.41) is 3.73. The average molecular weight is 331 g/mol. The smallest absolute Gasteiger partial charge is 0.0152 e. The Kier molecular flexibility index (Phi) is 6.09. The summed E-state index contributed by atoms with van der Waals surface area (Å²) in [6.45, 7) is 11.8. The van der Waals surface area contributed by atoms with Gasteiger partial charge in [-0.2, -0.15) is 0 Å². The summed E-state index contributed by atoms with van der Waals surface area (Å²) in [6.07, 6.45) is 0. The first-order chi connectivity index (χ1) is 10.1. The third kappa shape index (κ3) is 4.47.